The number of hydrogen-bond acceptors (Lipinski definition) is 5. The molecule has 1 aromatic carbocycles. The van der Waals surface area contributed by atoms with Crippen LogP contribution >= 0.6 is 0 Å². The molecule has 0 fully saturated rings. The average molecular weight is 312 g/mol. The minimum Gasteiger partial charge on any atom is -0.382 e. The first-order chi connectivity index (χ1) is 11.2. The van der Waals surface area contributed by atoms with Crippen molar-refractivity contribution in [1.29, 1.82) is 0 Å². The van der Waals surface area contributed by atoms with E-state index in [-0.39, 0.29) is 6.29 Å². The first-order valence-corrected chi connectivity index (χ1v) is 8.09. The lowest BCUT2D eigenvalue weighted by atomic mass is 10.2. The summed E-state index contributed by atoms with van der Waals surface area (Å²) >= 11 is 0. The van der Waals surface area contributed by atoms with Crippen LogP contribution in [0.2, 0.25) is 0 Å². The third kappa shape index (κ3) is 3.22. The zero-order chi connectivity index (χ0) is 16.2. The molecule has 1 atom stereocenters. The molecule has 1 aliphatic rings. The molecule has 23 heavy (non-hydrogen) atoms. The standard InChI is InChI=1S/C17H24N6/c1-3-4-10-19-17-21-15(18)14-16(22(17)2)23(12-20-14)11-13-8-6-5-7-9-13/h5-9,12,17,19H,3-4,10-11H2,1-2H3,(H2,18,21). The van der Waals surface area contributed by atoms with Crippen molar-refractivity contribution in [3.05, 3.63) is 47.9 Å². The van der Waals surface area contributed by atoms with Crippen LogP contribution < -0.4 is 16.0 Å². The van der Waals surface area contributed by atoms with Gasteiger partial charge in [0.1, 0.15) is 11.5 Å². The van der Waals surface area contributed by atoms with Crippen LogP contribution in [0.3, 0.4) is 0 Å². The molecule has 0 spiro atoms. The zero-order valence-electron chi connectivity index (χ0n) is 13.7. The molecule has 1 aromatic heterocycles. The number of anilines is 1. The van der Waals surface area contributed by atoms with E-state index < -0.39 is 0 Å². The third-order valence-electron chi connectivity index (χ3n) is 4.07. The third-order valence-corrected chi connectivity index (χ3v) is 4.07. The smallest absolute Gasteiger partial charge is 0.179 e. The van der Waals surface area contributed by atoms with Gasteiger partial charge in [-0.15, -0.1) is 0 Å². The zero-order valence-corrected chi connectivity index (χ0v) is 13.7. The van der Waals surface area contributed by atoms with Crippen LogP contribution in [0.1, 0.15) is 31.0 Å². The molecule has 6 heteroatoms. The van der Waals surface area contributed by atoms with E-state index in [9.17, 15) is 0 Å². The minimum atomic E-state index is -0.139. The molecule has 1 aliphatic heterocycles. The molecule has 2 heterocycles. The van der Waals surface area contributed by atoms with Gasteiger partial charge in [0, 0.05) is 7.05 Å². The number of aliphatic imine (C=N–C) groups is 1. The van der Waals surface area contributed by atoms with E-state index >= 15 is 0 Å². The van der Waals surface area contributed by atoms with Gasteiger partial charge in [-0.1, -0.05) is 43.7 Å². The Morgan fingerprint density at radius 1 is 1.26 bits per heavy atom. The largest absolute Gasteiger partial charge is 0.382 e. The second-order valence-corrected chi connectivity index (χ2v) is 5.84. The Morgan fingerprint density at radius 2 is 2.04 bits per heavy atom. The van der Waals surface area contributed by atoms with E-state index in [2.05, 4.69) is 43.8 Å². The molecule has 6 nitrogen and oxygen atoms in total. The van der Waals surface area contributed by atoms with Crippen molar-refractivity contribution >= 4 is 11.7 Å². The van der Waals surface area contributed by atoms with Crippen LogP contribution in [0.5, 0.6) is 0 Å². The van der Waals surface area contributed by atoms with Crippen LogP contribution in [0.25, 0.3) is 0 Å². The van der Waals surface area contributed by atoms with Crippen molar-refractivity contribution in [2.24, 2.45) is 10.7 Å². The summed E-state index contributed by atoms with van der Waals surface area (Å²) < 4.78 is 2.13. The lowest BCUT2D eigenvalue weighted by Gasteiger charge is -2.32. The maximum atomic E-state index is 6.12. The molecule has 0 aliphatic carbocycles. The lowest BCUT2D eigenvalue weighted by molar-refractivity contribution is 0.498. The predicted molar refractivity (Wildman–Crippen MR) is 93.6 cm³/mol. The first-order valence-electron chi connectivity index (χ1n) is 8.09. The number of nitrogens with two attached hydrogens (primary N) is 1. The van der Waals surface area contributed by atoms with Gasteiger partial charge in [-0.3, -0.25) is 5.32 Å². The summed E-state index contributed by atoms with van der Waals surface area (Å²) in [6.45, 7) is 3.86. The second-order valence-electron chi connectivity index (χ2n) is 5.84. The molecule has 3 N–H and O–H groups in total. The molecule has 122 valence electrons. The fourth-order valence-electron chi connectivity index (χ4n) is 2.81. The normalized spacial score (nSPS) is 17.0. The number of amidine groups is 1. The summed E-state index contributed by atoms with van der Waals surface area (Å²) in [5.41, 5.74) is 8.11. The molecular formula is C17H24N6. The number of fused-ring (bicyclic) bond motifs is 1. The number of nitrogens with zero attached hydrogens (tertiary/aromatic N) is 4. The number of nitrogens with one attached hydrogen (secondary N) is 1. The Hall–Kier alpha value is -2.34. The van der Waals surface area contributed by atoms with Crippen molar-refractivity contribution in [3.8, 4) is 0 Å². The molecular weight excluding hydrogens is 288 g/mol. The van der Waals surface area contributed by atoms with E-state index in [1.165, 1.54) is 5.56 Å². The summed E-state index contributed by atoms with van der Waals surface area (Å²) in [5, 5.41) is 3.44. The Morgan fingerprint density at radius 3 is 2.78 bits per heavy atom. The maximum Gasteiger partial charge on any atom is 0.179 e. The topological polar surface area (TPSA) is 71.5 Å². The van der Waals surface area contributed by atoms with Crippen molar-refractivity contribution < 1.29 is 0 Å². The second kappa shape index (κ2) is 6.83. The molecule has 2 aromatic rings. The van der Waals surface area contributed by atoms with Crippen LogP contribution in [0.15, 0.2) is 41.7 Å². The highest BCUT2D eigenvalue weighted by atomic mass is 15.4. The number of hydrogen-bond donors (Lipinski definition) is 2. The van der Waals surface area contributed by atoms with Crippen LogP contribution in [0.4, 0.5) is 5.82 Å². The van der Waals surface area contributed by atoms with Gasteiger partial charge in [-0.05, 0) is 18.5 Å². The maximum absolute atomic E-state index is 6.12. The number of benzene rings is 1. The van der Waals surface area contributed by atoms with Crippen molar-refractivity contribution in [1.82, 2.24) is 14.9 Å². The van der Waals surface area contributed by atoms with Crippen LogP contribution in [-0.4, -0.2) is 35.3 Å². The van der Waals surface area contributed by atoms with E-state index in [4.69, 9.17) is 5.73 Å². The van der Waals surface area contributed by atoms with Crippen molar-refractivity contribution in [2.45, 2.75) is 32.6 Å². The fourth-order valence-corrected chi connectivity index (χ4v) is 2.81. The highest BCUT2D eigenvalue weighted by Crippen LogP contribution is 2.25. The summed E-state index contributed by atoms with van der Waals surface area (Å²) in [6.07, 6.45) is 3.97. The van der Waals surface area contributed by atoms with E-state index in [0.29, 0.717) is 5.84 Å². The first kappa shape index (κ1) is 15.6. The molecule has 0 amide bonds. The van der Waals surface area contributed by atoms with E-state index in [1.807, 2.05) is 31.6 Å². The van der Waals surface area contributed by atoms with E-state index in [1.54, 1.807) is 0 Å². The van der Waals surface area contributed by atoms with Gasteiger partial charge in [0.25, 0.3) is 0 Å². The molecule has 0 saturated carbocycles. The van der Waals surface area contributed by atoms with Crippen LogP contribution in [-0.2, 0) is 6.54 Å². The Balaban J connectivity index is 1.84. The van der Waals surface area contributed by atoms with Crippen LogP contribution in [0, 0.1) is 0 Å². The molecule has 1 unspecified atom stereocenters. The number of imidazole rings is 1. The summed E-state index contributed by atoms with van der Waals surface area (Å²) in [4.78, 5) is 11.1. The Kier molecular flexibility index (Phi) is 4.62. The SMILES string of the molecule is CCCCNC1N=C(N)c2ncn(Cc3ccccc3)c2N1C. The van der Waals surface area contributed by atoms with Gasteiger partial charge in [0.2, 0.25) is 0 Å². The minimum absolute atomic E-state index is 0.139. The van der Waals surface area contributed by atoms with Gasteiger partial charge in [0.05, 0.1) is 12.9 Å². The van der Waals surface area contributed by atoms with Gasteiger partial charge < -0.3 is 15.2 Å². The predicted octanol–water partition coefficient (Wildman–Crippen LogP) is 1.76. The highest BCUT2D eigenvalue weighted by Gasteiger charge is 2.28. The Bertz CT molecular complexity index is 676. The lowest BCUT2D eigenvalue weighted by Crippen LogP contribution is -2.48. The summed E-state index contributed by atoms with van der Waals surface area (Å²) in [5.74, 6) is 1.51. The fraction of sp³-hybridized carbons (Fsp3) is 0.412. The number of aromatic nitrogens is 2. The highest BCUT2D eigenvalue weighted by molar-refractivity contribution is 6.01. The van der Waals surface area contributed by atoms with Gasteiger partial charge >= 0.3 is 0 Å². The summed E-state index contributed by atoms with van der Waals surface area (Å²) in [7, 11) is 2.03. The van der Waals surface area contributed by atoms with Gasteiger partial charge in [-0.2, -0.15) is 0 Å². The summed E-state index contributed by atoms with van der Waals surface area (Å²) in [6, 6.07) is 10.4. The quantitative estimate of drug-likeness (QED) is 0.797. The number of rotatable bonds is 6. The van der Waals surface area contributed by atoms with Crippen molar-refractivity contribution in [2.75, 3.05) is 18.5 Å². The van der Waals surface area contributed by atoms with Gasteiger partial charge in [-0.25, -0.2) is 9.98 Å². The average Bonchev–Trinajstić information content (AvgIpc) is 2.98. The molecule has 0 radical (unpaired) electrons. The van der Waals surface area contributed by atoms with Crippen molar-refractivity contribution in [3.63, 3.8) is 0 Å². The van der Waals surface area contributed by atoms with Gasteiger partial charge in [0.15, 0.2) is 12.1 Å². The number of unbranched alkanes of at least 4 members (excludes halogenated alkanes) is 1. The Labute approximate surface area is 137 Å². The van der Waals surface area contributed by atoms with E-state index in [0.717, 1.165) is 37.4 Å². The monoisotopic (exact) mass is 312 g/mol. The molecule has 3 rings (SSSR count). The molecule has 0 saturated heterocycles. The molecule has 0 bridgehead atoms.